The lowest BCUT2D eigenvalue weighted by Gasteiger charge is -2.24. The largest absolute Gasteiger partial charge is 0.366 e. The van der Waals surface area contributed by atoms with E-state index in [0.717, 1.165) is 27.7 Å². The van der Waals surface area contributed by atoms with Gasteiger partial charge in [-0.15, -0.1) is 0 Å². The van der Waals surface area contributed by atoms with Crippen LogP contribution in [0.4, 0.5) is 5.69 Å². The third kappa shape index (κ3) is 2.54. The summed E-state index contributed by atoms with van der Waals surface area (Å²) in [5, 5.41) is 8.80. The smallest absolute Gasteiger partial charge is 0.112 e. The van der Waals surface area contributed by atoms with Gasteiger partial charge in [0.05, 0.1) is 23.7 Å². The second-order valence-corrected chi connectivity index (χ2v) is 5.60. The van der Waals surface area contributed by atoms with E-state index in [1.807, 2.05) is 18.3 Å². The Morgan fingerprint density at radius 3 is 3.00 bits per heavy atom. The van der Waals surface area contributed by atoms with Gasteiger partial charge in [0.25, 0.3) is 0 Å². The van der Waals surface area contributed by atoms with E-state index in [4.69, 9.17) is 5.26 Å². The van der Waals surface area contributed by atoms with Crippen molar-refractivity contribution in [3.8, 4) is 6.07 Å². The molecule has 1 saturated carbocycles. The van der Waals surface area contributed by atoms with Crippen LogP contribution < -0.4 is 4.90 Å². The molecule has 0 aromatic carbocycles. The van der Waals surface area contributed by atoms with Gasteiger partial charge in [-0.25, -0.2) is 0 Å². The predicted octanol–water partition coefficient (Wildman–Crippen LogP) is 3.27. The molecule has 0 radical (unpaired) electrons. The molecule has 96 valence electrons. The maximum absolute atomic E-state index is 8.80. The van der Waals surface area contributed by atoms with Gasteiger partial charge in [0, 0.05) is 29.5 Å². The van der Waals surface area contributed by atoms with Gasteiger partial charge in [-0.1, -0.05) is 0 Å². The molecule has 1 aliphatic rings. The average Bonchev–Trinajstić information content (AvgIpc) is 3.23. The van der Waals surface area contributed by atoms with Crippen molar-refractivity contribution in [1.82, 2.24) is 9.97 Å². The van der Waals surface area contributed by atoms with Crippen LogP contribution >= 0.6 is 15.9 Å². The van der Waals surface area contributed by atoms with E-state index in [1.54, 1.807) is 6.20 Å². The molecule has 1 aliphatic carbocycles. The van der Waals surface area contributed by atoms with Crippen LogP contribution in [0.3, 0.4) is 0 Å². The molecule has 4 nitrogen and oxygen atoms in total. The lowest BCUT2D eigenvalue weighted by Crippen LogP contribution is -2.27. The summed E-state index contributed by atoms with van der Waals surface area (Å²) < 4.78 is 0.930. The molecule has 19 heavy (non-hydrogen) atoms. The first-order valence-corrected chi connectivity index (χ1v) is 7.13. The van der Waals surface area contributed by atoms with Crippen LogP contribution in [0.15, 0.2) is 29.0 Å². The highest BCUT2D eigenvalue weighted by Crippen LogP contribution is 2.34. The van der Waals surface area contributed by atoms with Gasteiger partial charge >= 0.3 is 0 Å². The Labute approximate surface area is 120 Å². The van der Waals surface area contributed by atoms with Crippen molar-refractivity contribution in [2.75, 3.05) is 11.4 Å². The van der Waals surface area contributed by atoms with E-state index in [2.05, 4.69) is 36.9 Å². The average molecular weight is 317 g/mol. The fourth-order valence-electron chi connectivity index (χ4n) is 2.28. The predicted molar refractivity (Wildman–Crippen MR) is 77.8 cm³/mol. The van der Waals surface area contributed by atoms with Crippen molar-refractivity contribution < 1.29 is 0 Å². The van der Waals surface area contributed by atoms with Crippen LogP contribution in [0.5, 0.6) is 0 Å². The number of aromatic nitrogens is 2. The lowest BCUT2D eigenvalue weighted by molar-refractivity contribution is 0.795. The Morgan fingerprint density at radius 1 is 1.42 bits per heavy atom. The van der Waals surface area contributed by atoms with Crippen molar-refractivity contribution in [2.45, 2.75) is 25.3 Å². The monoisotopic (exact) mass is 316 g/mol. The normalized spacial score (nSPS) is 14.3. The van der Waals surface area contributed by atoms with Crippen molar-refractivity contribution in [2.24, 2.45) is 0 Å². The first-order valence-electron chi connectivity index (χ1n) is 6.33. The zero-order chi connectivity index (χ0) is 13.2. The molecule has 0 N–H and O–H groups in total. The minimum absolute atomic E-state index is 0.539. The quantitative estimate of drug-likeness (QED) is 0.868. The minimum Gasteiger partial charge on any atom is -0.366 e. The van der Waals surface area contributed by atoms with Crippen LogP contribution in [0.2, 0.25) is 0 Å². The van der Waals surface area contributed by atoms with Gasteiger partial charge in [-0.2, -0.15) is 5.26 Å². The summed E-state index contributed by atoms with van der Waals surface area (Å²) in [6.45, 7) is 0.762. The summed E-state index contributed by atoms with van der Waals surface area (Å²) in [4.78, 5) is 11.1. The fraction of sp³-hybridized carbons (Fsp3) is 0.357. The summed E-state index contributed by atoms with van der Waals surface area (Å²) in [5.41, 5.74) is 2.89. The summed E-state index contributed by atoms with van der Waals surface area (Å²) in [6, 6.07) is 6.75. The molecular formula is C14H13BrN4. The molecule has 0 saturated heterocycles. The number of pyridine rings is 2. The Balaban J connectivity index is 2.04. The van der Waals surface area contributed by atoms with Gasteiger partial charge in [0.1, 0.15) is 5.52 Å². The van der Waals surface area contributed by atoms with E-state index in [1.165, 1.54) is 12.8 Å². The van der Waals surface area contributed by atoms with Gasteiger partial charge in [0.15, 0.2) is 0 Å². The van der Waals surface area contributed by atoms with E-state index in [0.29, 0.717) is 12.5 Å². The van der Waals surface area contributed by atoms with Crippen molar-refractivity contribution in [3.63, 3.8) is 0 Å². The van der Waals surface area contributed by atoms with Crippen molar-refractivity contribution in [1.29, 1.82) is 5.26 Å². The maximum Gasteiger partial charge on any atom is 0.112 e. The fourth-order valence-corrected chi connectivity index (χ4v) is 2.60. The number of fused-ring (bicyclic) bond motifs is 1. The van der Waals surface area contributed by atoms with Crippen LogP contribution in [0, 0.1) is 11.3 Å². The molecule has 0 spiro atoms. The second-order valence-electron chi connectivity index (χ2n) is 4.68. The summed E-state index contributed by atoms with van der Waals surface area (Å²) in [7, 11) is 0. The van der Waals surface area contributed by atoms with Crippen LogP contribution in [-0.4, -0.2) is 22.6 Å². The van der Waals surface area contributed by atoms with E-state index >= 15 is 0 Å². The summed E-state index contributed by atoms with van der Waals surface area (Å²) in [6.07, 6.45) is 6.55. The highest BCUT2D eigenvalue weighted by Gasteiger charge is 2.30. The van der Waals surface area contributed by atoms with Crippen molar-refractivity contribution in [3.05, 3.63) is 29.0 Å². The SMILES string of the molecule is N#CCCN(c1ccnc2cc(Br)cnc12)C1CC1. The van der Waals surface area contributed by atoms with Crippen LogP contribution in [0.25, 0.3) is 11.0 Å². The number of nitriles is 1. The highest BCUT2D eigenvalue weighted by molar-refractivity contribution is 9.10. The van der Waals surface area contributed by atoms with Crippen LogP contribution in [0.1, 0.15) is 19.3 Å². The maximum atomic E-state index is 8.80. The summed E-state index contributed by atoms with van der Waals surface area (Å²) >= 11 is 3.42. The van der Waals surface area contributed by atoms with Crippen molar-refractivity contribution >= 4 is 32.7 Å². The number of hydrogen-bond acceptors (Lipinski definition) is 4. The zero-order valence-corrected chi connectivity index (χ0v) is 12.0. The van der Waals surface area contributed by atoms with Gasteiger partial charge < -0.3 is 4.90 Å². The minimum atomic E-state index is 0.539. The lowest BCUT2D eigenvalue weighted by atomic mass is 10.2. The zero-order valence-electron chi connectivity index (χ0n) is 10.4. The van der Waals surface area contributed by atoms with E-state index in [-0.39, 0.29) is 0 Å². The summed E-state index contributed by atoms with van der Waals surface area (Å²) in [5.74, 6) is 0. The molecule has 1 fully saturated rings. The number of halogens is 1. The Bertz CT molecular complexity index is 645. The molecule has 5 heteroatoms. The number of rotatable bonds is 4. The number of hydrogen-bond donors (Lipinski definition) is 0. The molecule has 2 heterocycles. The first-order chi connectivity index (χ1) is 9.29. The second kappa shape index (κ2) is 5.14. The Kier molecular flexibility index (Phi) is 3.34. The first kappa shape index (κ1) is 12.4. The number of nitrogens with zero attached hydrogens (tertiary/aromatic N) is 4. The molecule has 0 bridgehead atoms. The molecule has 0 aliphatic heterocycles. The topological polar surface area (TPSA) is 52.8 Å². The molecule has 2 aromatic rings. The third-order valence-electron chi connectivity index (χ3n) is 3.28. The van der Waals surface area contributed by atoms with Gasteiger partial charge in [-0.3, -0.25) is 9.97 Å². The van der Waals surface area contributed by atoms with Crippen LogP contribution in [-0.2, 0) is 0 Å². The number of anilines is 1. The molecule has 0 amide bonds. The van der Waals surface area contributed by atoms with E-state index < -0.39 is 0 Å². The molecular weight excluding hydrogens is 304 g/mol. The molecule has 2 aromatic heterocycles. The third-order valence-corrected chi connectivity index (χ3v) is 3.72. The molecule has 0 unspecified atom stereocenters. The molecule has 3 rings (SSSR count). The highest BCUT2D eigenvalue weighted by atomic mass is 79.9. The van der Waals surface area contributed by atoms with E-state index in [9.17, 15) is 0 Å². The Hall–Kier alpha value is -1.67. The Morgan fingerprint density at radius 2 is 2.26 bits per heavy atom. The van der Waals surface area contributed by atoms with Gasteiger partial charge in [-0.05, 0) is 40.9 Å². The standard InChI is InChI=1S/C14H13BrN4/c15-10-8-12-14(18-9-10)13(4-6-17-12)19(7-1-5-16)11-2-3-11/h4,6,8-9,11H,1-3,7H2. The molecule has 0 atom stereocenters. The van der Waals surface area contributed by atoms with Gasteiger partial charge in [0.2, 0.25) is 0 Å².